The number of nitrogens with one attached hydrogen (secondary N) is 2. The lowest BCUT2D eigenvalue weighted by molar-refractivity contribution is -0.206. The standard InChI is InChI=1S/C30H39N3O10.C2HF3O/c1-16(34)27(38)31-12-8-22(36)41-20-7-10-30(43-23(37)9-13-32-28(39)17(2)35)21-15-18-5-6-19(40-4)25-24(18)29(30,26(20)42-25)11-14-33(21)3;3-2(4,5)1-6/h5-7,16-17,21,26,34-35H,8-15H2,1-4H3,(H,31,38)(H,32,39);1H/t16-,17-,21+,26-,29-,30+;/m0./s1. The quantitative estimate of drug-likeness (QED) is 0.186. The third-order valence-corrected chi connectivity index (χ3v) is 9.20. The zero-order chi connectivity index (χ0) is 36.3. The molecule has 0 radical (unpaired) electrons. The highest BCUT2D eigenvalue weighted by atomic mass is 19.4. The zero-order valence-electron chi connectivity index (χ0n) is 27.4. The molecule has 49 heavy (non-hydrogen) atoms. The summed E-state index contributed by atoms with van der Waals surface area (Å²) in [6.45, 7) is 3.35. The van der Waals surface area contributed by atoms with Gasteiger partial charge in [0.25, 0.3) is 0 Å². The molecule has 2 amide bonds. The Morgan fingerprint density at radius 3 is 2.22 bits per heavy atom. The molecular weight excluding hydrogens is 659 g/mol. The Bertz CT molecular complexity index is 1500. The van der Waals surface area contributed by atoms with Crippen LogP contribution in [0.4, 0.5) is 13.2 Å². The highest BCUT2D eigenvalue weighted by Gasteiger charge is 2.74. The van der Waals surface area contributed by atoms with Crippen LogP contribution >= 0.6 is 0 Å². The molecule has 2 aliphatic heterocycles. The van der Waals surface area contributed by atoms with Crippen LogP contribution in [0.1, 0.15) is 50.7 Å². The summed E-state index contributed by atoms with van der Waals surface area (Å²) in [5.41, 5.74) is -0.0197. The number of likely N-dealkylation sites (tertiary alicyclic amines) is 1. The van der Waals surface area contributed by atoms with Crippen molar-refractivity contribution in [2.45, 2.75) is 87.5 Å². The van der Waals surface area contributed by atoms with Crippen molar-refractivity contribution in [2.24, 2.45) is 0 Å². The van der Waals surface area contributed by atoms with Gasteiger partial charge in [0.1, 0.15) is 23.6 Å². The summed E-state index contributed by atoms with van der Waals surface area (Å²) in [6, 6.07) is 3.64. The van der Waals surface area contributed by atoms with Gasteiger partial charge in [0.15, 0.2) is 17.6 Å². The van der Waals surface area contributed by atoms with Gasteiger partial charge < -0.3 is 39.8 Å². The van der Waals surface area contributed by atoms with Gasteiger partial charge in [-0.05, 0) is 58.0 Å². The number of esters is 2. The van der Waals surface area contributed by atoms with E-state index in [1.807, 2.05) is 19.2 Å². The van der Waals surface area contributed by atoms with Gasteiger partial charge in [-0.15, -0.1) is 0 Å². The number of aldehydes is 1. The van der Waals surface area contributed by atoms with Crippen molar-refractivity contribution >= 4 is 30.0 Å². The average Bonchev–Trinajstić information content (AvgIpc) is 3.39. The SMILES string of the molecule is COc1ccc2c3c1O[C@H]1C(OC(=O)CCNC(=O)[C@H](C)O)=CC[C@@]4(OC(=O)CCNC(=O)[C@H](C)O)[C@@H](C2)N(C)CC[C@]314.O=CC(F)(F)F. The summed E-state index contributed by atoms with van der Waals surface area (Å²) in [5.74, 6) is -0.901. The first-order valence-corrected chi connectivity index (χ1v) is 15.7. The van der Waals surface area contributed by atoms with E-state index in [4.69, 9.17) is 23.7 Å². The minimum Gasteiger partial charge on any atom is -0.493 e. The first kappa shape index (κ1) is 37.6. The van der Waals surface area contributed by atoms with Crippen LogP contribution in [0, 0.1) is 0 Å². The number of nitrogens with zero attached hydrogens (tertiary/aromatic N) is 1. The average molecular weight is 700 g/mol. The molecule has 1 spiro atoms. The Labute approximate surface area is 279 Å². The summed E-state index contributed by atoms with van der Waals surface area (Å²) >= 11 is 0. The fourth-order valence-corrected chi connectivity index (χ4v) is 7.06. The summed E-state index contributed by atoms with van der Waals surface area (Å²) in [7, 11) is 3.55. The molecular formula is C32H40F3N3O11. The number of likely N-dealkylation sites (N-methyl/N-ethyl adjacent to an activating group) is 1. The molecule has 1 fully saturated rings. The molecule has 14 nitrogen and oxygen atoms in total. The lowest BCUT2D eigenvalue weighted by Crippen LogP contribution is -2.75. The molecule has 2 heterocycles. The Hall–Kier alpha value is -4.22. The molecule has 0 unspecified atom stereocenters. The van der Waals surface area contributed by atoms with Gasteiger partial charge in [0.2, 0.25) is 18.1 Å². The van der Waals surface area contributed by atoms with Gasteiger partial charge in [0, 0.05) is 25.1 Å². The number of aliphatic hydroxyl groups excluding tert-OH is 2. The van der Waals surface area contributed by atoms with Crippen LogP contribution in [0.15, 0.2) is 24.0 Å². The number of methoxy groups -OCH3 is 1. The number of hydrogen-bond acceptors (Lipinski definition) is 12. The molecule has 4 N–H and O–H groups in total. The number of carbonyl (C=O) groups is 5. The Kier molecular flexibility index (Phi) is 11.3. The molecule has 0 aromatic heterocycles. The normalized spacial score (nSPS) is 25.9. The van der Waals surface area contributed by atoms with Crippen LogP contribution < -0.4 is 20.1 Å². The van der Waals surface area contributed by atoms with E-state index in [0.717, 1.165) is 11.1 Å². The van der Waals surface area contributed by atoms with E-state index in [2.05, 4.69) is 15.5 Å². The van der Waals surface area contributed by atoms with Gasteiger partial charge in [-0.25, -0.2) is 0 Å². The summed E-state index contributed by atoms with van der Waals surface area (Å²) in [6.07, 6.45) is -5.96. The second-order valence-corrected chi connectivity index (χ2v) is 12.3. The Morgan fingerprint density at radius 1 is 1.08 bits per heavy atom. The minimum atomic E-state index is -4.64. The number of rotatable bonds is 11. The molecule has 270 valence electrons. The van der Waals surface area contributed by atoms with E-state index in [1.54, 1.807) is 13.2 Å². The van der Waals surface area contributed by atoms with Crippen LogP contribution in [-0.2, 0) is 45.3 Å². The number of benzene rings is 1. The fourth-order valence-electron chi connectivity index (χ4n) is 7.06. The van der Waals surface area contributed by atoms with Gasteiger partial charge >= 0.3 is 18.1 Å². The van der Waals surface area contributed by atoms with Crippen molar-refractivity contribution < 1.29 is 66.3 Å². The lowest BCUT2D eigenvalue weighted by atomic mass is 9.50. The molecule has 4 aliphatic rings. The molecule has 0 saturated carbocycles. The number of carbonyl (C=O) groups excluding carboxylic acids is 5. The highest BCUT2D eigenvalue weighted by molar-refractivity contribution is 5.81. The molecule has 2 bridgehead atoms. The molecule has 6 atom stereocenters. The van der Waals surface area contributed by atoms with E-state index >= 15 is 0 Å². The minimum absolute atomic E-state index is 0.00599. The molecule has 2 aliphatic carbocycles. The monoisotopic (exact) mass is 699 g/mol. The Morgan fingerprint density at radius 2 is 1.67 bits per heavy atom. The van der Waals surface area contributed by atoms with Crippen LogP contribution in [0.25, 0.3) is 0 Å². The maximum absolute atomic E-state index is 13.4. The van der Waals surface area contributed by atoms with Gasteiger partial charge in [-0.1, -0.05) is 6.07 Å². The lowest BCUT2D eigenvalue weighted by Gasteiger charge is -2.62. The third kappa shape index (κ3) is 7.38. The van der Waals surface area contributed by atoms with E-state index in [0.29, 0.717) is 36.6 Å². The first-order valence-electron chi connectivity index (χ1n) is 15.7. The van der Waals surface area contributed by atoms with Crippen molar-refractivity contribution in [3.05, 3.63) is 35.1 Å². The van der Waals surface area contributed by atoms with Crippen molar-refractivity contribution in [2.75, 3.05) is 33.8 Å². The largest absolute Gasteiger partial charge is 0.493 e. The fraction of sp³-hybridized carbons (Fsp3) is 0.594. The topological polar surface area (TPSA) is 190 Å². The number of piperidine rings is 1. The first-order chi connectivity index (χ1) is 23.0. The summed E-state index contributed by atoms with van der Waals surface area (Å²) in [5, 5.41) is 23.9. The van der Waals surface area contributed by atoms with Gasteiger partial charge in [-0.2, -0.15) is 13.2 Å². The molecule has 1 aromatic rings. The van der Waals surface area contributed by atoms with Gasteiger partial charge in [0.05, 0.1) is 31.4 Å². The van der Waals surface area contributed by atoms with Crippen LogP contribution in [-0.4, -0.2) is 115 Å². The number of hydrogen-bond donors (Lipinski definition) is 4. The maximum Gasteiger partial charge on any atom is 0.446 e. The molecule has 1 aromatic carbocycles. The van der Waals surface area contributed by atoms with Crippen molar-refractivity contribution in [3.8, 4) is 11.5 Å². The van der Waals surface area contributed by atoms with Crippen LogP contribution in [0.2, 0.25) is 0 Å². The number of ether oxygens (including phenoxy) is 4. The Balaban J connectivity index is 0.000000827. The zero-order valence-corrected chi connectivity index (χ0v) is 27.4. The smallest absolute Gasteiger partial charge is 0.446 e. The maximum atomic E-state index is 13.4. The molecule has 5 rings (SSSR count). The predicted octanol–water partition coefficient (Wildman–Crippen LogP) is 0.589. The third-order valence-electron chi connectivity index (χ3n) is 9.20. The predicted molar refractivity (Wildman–Crippen MR) is 162 cm³/mol. The van der Waals surface area contributed by atoms with Crippen molar-refractivity contribution in [1.82, 2.24) is 15.5 Å². The van der Waals surface area contributed by atoms with E-state index in [-0.39, 0.29) is 38.4 Å². The summed E-state index contributed by atoms with van der Waals surface area (Å²) in [4.78, 5) is 60.7. The van der Waals surface area contributed by atoms with E-state index < -0.39 is 65.5 Å². The number of aliphatic hydroxyl groups is 2. The van der Waals surface area contributed by atoms with E-state index in [1.165, 1.54) is 13.8 Å². The second-order valence-electron chi connectivity index (χ2n) is 12.3. The summed E-state index contributed by atoms with van der Waals surface area (Å²) < 4.78 is 55.9. The van der Waals surface area contributed by atoms with E-state index in [9.17, 15) is 42.6 Å². The highest BCUT2D eigenvalue weighted by Crippen LogP contribution is 2.66. The van der Waals surface area contributed by atoms with Crippen LogP contribution in [0.3, 0.4) is 0 Å². The van der Waals surface area contributed by atoms with Crippen molar-refractivity contribution in [3.63, 3.8) is 0 Å². The van der Waals surface area contributed by atoms with Crippen molar-refractivity contribution in [1.29, 1.82) is 0 Å². The second kappa shape index (κ2) is 14.7. The van der Waals surface area contributed by atoms with Gasteiger partial charge in [-0.3, -0.25) is 28.9 Å². The number of amides is 2. The van der Waals surface area contributed by atoms with Crippen LogP contribution in [0.5, 0.6) is 11.5 Å². The number of halogens is 3. The molecule has 17 heteroatoms. The molecule has 1 saturated heterocycles. The number of alkyl halides is 3.